The zero-order valence-electron chi connectivity index (χ0n) is 11.6. The molecule has 1 aliphatic rings. The van der Waals surface area contributed by atoms with Gasteiger partial charge in [-0.05, 0) is 32.1 Å². The standard InChI is InChI=1S/C17H23N2/c1-5-9-16(10-6-2)13-15(14-18)17(19-16,11-7-3)12-8-4/h5-8,15H,1-4,9-13H2. The number of hydrogen-bond acceptors (Lipinski definition) is 1. The van der Waals surface area contributed by atoms with E-state index in [1.165, 1.54) is 0 Å². The summed E-state index contributed by atoms with van der Waals surface area (Å²) in [7, 11) is 0. The Labute approximate surface area is 117 Å². The smallest absolute Gasteiger partial charge is 0.0685 e. The molecule has 1 saturated heterocycles. The van der Waals surface area contributed by atoms with Gasteiger partial charge in [-0.15, -0.1) is 26.3 Å². The average molecular weight is 255 g/mol. The fourth-order valence-corrected chi connectivity index (χ4v) is 3.17. The first kappa shape index (κ1) is 15.5. The fourth-order valence-electron chi connectivity index (χ4n) is 3.17. The van der Waals surface area contributed by atoms with E-state index in [1.54, 1.807) is 0 Å². The Kier molecular flexibility index (Phi) is 5.32. The van der Waals surface area contributed by atoms with Crippen LogP contribution in [0.2, 0.25) is 0 Å². The molecule has 0 N–H and O–H groups in total. The topological polar surface area (TPSA) is 37.9 Å². The minimum absolute atomic E-state index is 0.0941. The summed E-state index contributed by atoms with van der Waals surface area (Å²) in [6.07, 6.45) is 11.3. The third kappa shape index (κ3) is 3.05. The second kappa shape index (κ2) is 6.54. The first-order valence-corrected chi connectivity index (χ1v) is 6.69. The largest absolute Gasteiger partial charge is 0.226 e. The zero-order valence-corrected chi connectivity index (χ0v) is 11.6. The summed E-state index contributed by atoms with van der Waals surface area (Å²) >= 11 is 0. The molecule has 0 aromatic heterocycles. The van der Waals surface area contributed by atoms with Crippen LogP contribution in [-0.4, -0.2) is 11.1 Å². The van der Waals surface area contributed by atoms with Crippen LogP contribution in [-0.2, 0) is 0 Å². The highest BCUT2D eigenvalue weighted by Crippen LogP contribution is 2.46. The second-order valence-electron chi connectivity index (χ2n) is 5.30. The van der Waals surface area contributed by atoms with E-state index in [1.807, 2.05) is 24.3 Å². The number of nitrogens with zero attached hydrogens (tertiary/aromatic N) is 2. The molecule has 1 fully saturated rings. The van der Waals surface area contributed by atoms with Gasteiger partial charge in [-0.1, -0.05) is 24.3 Å². The molecule has 2 heteroatoms. The maximum Gasteiger partial charge on any atom is 0.0685 e. The molecule has 0 amide bonds. The Bertz CT molecular complexity index is 380. The van der Waals surface area contributed by atoms with Gasteiger partial charge < -0.3 is 0 Å². The molecule has 101 valence electrons. The van der Waals surface area contributed by atoms with E-state index in [4.69, 9.17) is 5.32 Å². The van der Waals surface area contributed by atoms with Gasteiger partial charge in [0.25, 0.3) is 0 Å². The van der Waals surface area contributed by atoms with Crippen LogP contribution in [0.3, 0.4) is 0 Å². The van der Waals surface area contributed by atoms with Crippen molar-refractivity contribution in [1.82, 2.24) is 5.32 Å². The lowest BCUT2D eigenvalue weighted by Gasteiger charge is -2.33. The van der Waals surface area contributed by atoms with Gasteiger partial charge in [-0.25, -0.2) is 5.32 Å². The van der Waals surface area contributed by atoms with Gasteiger partial charge in [-0.2, -0.15) is 5.26 Å². The van der Waals surface area contributed by atoms with Gasteiger partial charge in [0.2, 0.25) is 0 Å². The summed E-state index contributed by atoms with van der Waals surface area (Å²) in [5.74, 6) is -0.0941. The lowest BCUT2D eigenvalue weighted by atomic mass is 9.79. The first-order valence-electron chi connectivity index (χ1n) is 6.69. The molecule has 1 rings (SSSR count). The molecule has 2 nitrogen and oxygen atoms in total. The van der Waals surface area contributed by atoms with Crippen molar-refractivity contribution in [3.05, 3.63) is 50.6 Å². The second-order valence-corrected chi connectivity index (χ2v) is 5.30. The Morgan fingerprint density at radius 1 is 1.00 bits per heavy atom. The molecule has 1 heterocycles. The van der Waals surface area contributed by atoms with E-state index in [9.17, 15) is 5.26 Å². The molecule has 1 aliphatic heterocycles. The highest BCUT2D eigenvalue weighted by atomic mass is 15.1. The molecule has 0 bridgehead atoms. The average Bonchev–Trinajstić information content (AvgIpc) is 2.65. The van der Waals surface area contributed by atoms with Crippen molar-refractivity contribution >= 4 is 0 Å². The Morgan fingerprint density at radius 2 is 1.47 bits per heavy atom. The molecule has 1 unspecified atom stereocenters. The molecule has 0 aliphatic carbocycles. The van der Waals surface area contributed by atoms with E-state index in [2.05, 4.69) is 32.4 Å². The van der Waals surface area contributed by atoms with E-state index < -0.39 is 0 Å². The monoisotopic (exact) mass is 255 g/mol. The highest BCUT2D eigenvalue weighted by molar-refractivity contribution is 5.21. The molecule has 0 aromatic rings. The summed E-state index contributed by atoms with van der Waals surface area (Å²) in [6, 6.07) is 2.44. The number of nitriles is 1. The molecule has 0 spiro atoms. The first-order chi connectivity index (χ1) is 9.12. The van der Waals surface area contributed by atoms with Crippen molar-refractivity contribution in [3.8, 4) is 6.07 Å². The molecular weight excluding hydrogens is 232 g/mol. The van der Waals surface area contributed by atoms with Crippen LogP contribution in [0.25, 0.3) is 0 Å². The zero-order chi connectivity index (χ0) is 14.4. The Balaban J connectivity index is 3.14. The SMILES string of the molecule is C=CCC1(CC=C)CC(C#N)C(CC=C)(CC=C)[N]1. The molecule has 0 aromatic carbocycles. The summed E-state index contributed by atoms with van der Waals surface area (Å²) in [4.78, 5) is 0. The van der Waals surface area contributed by atoms with Crippen LogP contribution in [0, 0.1) is 17.2 Å². The van der Waals surface area contributed by atoms with Gasteiger partial charge in [0, 0.05) is 5.54 Å². The Hall–Kier alpha value is -1.59. The fraction of sp³-hybridized carbons (Fsp3) is 0.471. The van der Waals surface area contributed by atoms with Crippen molar-refractivity contribution in [1.29, 1.82) is 5.26 Å². The third-order valence-electron chi connectivity index (χ3n) is 3.89. The molecule has 19 heavy (non-hydrogen) atoms. The summed E-state index contributed by atoms with van der Waals surface area (Å²) in [5.41, 5.74) is -0.597. The lowest BCUT2D eigenvalue weighted by molar-refractivity contribution is 0.272. The predicted molar refractivity (Wildman–Crippen MR) is 80.6 cm³/mol. The van der Waals surface area contributed by atoms with Crippen LogP contribution in [0.4, 0.5) is 0 Å². The molecule has 1 atom stereocenters. The van der Waals surface area contributed by atoms with Crippen molar-refractivity contribution in [2.24, 2.45) is 5.92 Å². The van der Waals surface area contributed by atoms with Gasteiger partial charge in [0.1, 0.15) is 0 Å². The molecule has 0 saturated carbocycles. The van der Waals surface area contributed by atoms with Gasteiger partial charge in [0.05, 0.1) is 17.5 Å². The maximum absolute atomic E-state index is 9.49. The van der Waals surface area contributed by atoms with Crippen LogP contribution in [0.1, 0.15) is 32.1 Å². The molecular formula is C17H23N2. The van der Waals surface area contributed by atoms with Crippen LogP contribution in [0.5, 0.6) is 0 Å². The summed E-state index contributed by atoms with van der Waals surface area (Å²) < 4.78 is 0. The van der Waals surface area contributed by atoms with Crippen LogP contribution in [0.15, 0.2) is 50.6 Å². The van der Waals surface area contributed by atoms with Gasteiger partial charge in [-0.3, -0.25) is 0 Å². The van der Waals surface area contributed by atoms with Crippen molar-refractivity contribution in [3.63, 3.8) is 0 Å². The summed E-state index contributed by atoms with van der Waals surface area (Å²) in [5, 5.41) is 14.5. The lowest BCUT2D eigenvalue weighted by Crippen LogP contribution is -2.45. The van der Waals surface area contributed by atoms with Crippen molar-refractivity contribution < 1.29 is 0 Å². The predicted octanol–water partition coefficient (Wildman–Crippen LogP) is 3.92. The van der Waals surface area contributed by atoms with E-state index in [-0.39, 0.29) is 17.0 Å². The summed E-state index contributed by atoms with van der Waals surface area (Å²) in [6.45, 7) is 15.3. The van der Waals surface area contributed by atoms with Crippen molar-refractivity contribution in [2.75, 3.05) is 0 Å². The van der Waals surface area contributed by atoms with Crippen molar-refractivity contribution in [2.45, 2.75) is 43.2 Å². The maximum atomic E-state index is 9.49. The van der Waals surface area contributed by atoms with Crippen LogP contribution < -0.4 is 5.32 Å². The van der Waals surface area contributed by atoms with E-state index in [0.29, 0.717) is 12.8 Å². The number of hydrogen-bond donors (Lipinski definition) is 0. The minimum Gasteiger partial charge on any atom is -0.226 e. The Morgan fingerprint density at radius 3 is 1.84 bits per heavy atom. The quantitative estimate of drug-likeness (QED) is 0.606. The van der Waals surface area contributed by atoms with E-state index in [0.717, 1.165) is 19.3 Å². The van der Waals surface area contributed by atoms with E-state index >= 15 is 0 Å². The van der Waals surface area contributed by atoms with Gasteiger partial charge in [0.15, 0.2) is 0 Å². The minimum atomic E-state index is -0.371. The van der Waals surface area contributed by atoms with Crippen LogP contribution >= 0.6 is 0 Å². The highest BCUT2D eigenvalue weighted by Gasteiger charge is 2.53. The number of rotatable bonds is 8. The molecule has 1 radical (unpaired) electrons. The third-order valence-corrected chi connectivity index (χ3v) is 3.89. The van der Waals surface area contributed by atoms with Gasteiger partial charge >= 0.3 is 0 Å². The normalized spacial score (nSPS) is 23.2.